The van der Waals surface area contributed by atoms with Crippen LogP contribution in [-0.4, -0.2) is 57.1 Å². The van der Waals surface area contributed by atoms with E-state index in [1.807, 2.05) is 19.0 Å². The molecule has 2 aliphatic rings. The van der Waals surface area contributed by atoms with Gasteiger partial charge in [-0.25, -0.2) is 0 Å². The first-order chi connectivity index (χ1) is 11.5. The zero-order valence-electron chi connectivity index (χ0n) is 13.8. The monoisotopic (exact) mass is 349 g/mol. The van der Waals surface area contributed by atoms with Crippen LogP contribution >= 0.6 is 11.6 Å². The van der Waals surface area contributed by atoms with Crippen molar-refractivity contribution in [3.05, 3.63) is 34.7 Å². The minimum Gasteiger partial charge on any atom is -0.345 e. The highest BCUT2D eigenvalue weighted by atomic mass is 35.5. The molecule has 0 N–H and O–H groups in total. The summed E-state index contributed by atoms with van der Waals surface area (Å²) in [6.45, 7) is 1.98. The lowest BCUT2D eigenvalue weighted by Crippen LogP contribution is -2.49. The van der Waals surface area contributed by atoms with Gasteiger partial charge in [0.05, 0.1) is 11.1 Å². The van der Waals surface area contributed by atoms with E-state index in [4.69, 9.17) is 16.1 Å². The fourth-order valence-electron chi connectivity index (χ4n) is 3.11. The highest BCUT2D eigenvalue weighted by molar-refractivity contribution is 6.31. The van der Waals surface area contributed by atoms with Crippen LogP contribution in [0, 0.1) is 0 Å². The van der Waals surface area contributed by atoms with E-state index < -0.39 is 0 Å². The van der Waals surface area contributed by atoms with Gasteiger partial charge in [0.25, 0.3) is 5.91 Å². The van der Waals surface area contributed by atoms with Gasteiger partial charge in [0, 0.05) is 38.8 Å². The zero-order chi connectivity index (χ0) is 16.8. The van der Waals surface area contributed by atoms with E-state index in [9.17, 15) is 4.79 Å². The van der Waals surface area contributed by atoms with Crippen molar-refractivity contribution >= 4 is 17.5 Å². The van der Waals surface area contributed by atoms with E-state index >= 15 is 0 Å². The van der Waals surface area contributed by atoms with Gasteiger partial charge in [0.2, 0.25) is 5.89 Å². The SMILES string of the molecule is CN1CCN(C(=O)c2cc(Cl)cn2C)C[C@@H]1c1noc(C2CC2)n1. The van der Waals surface area contributed by atoms with Crippen molar-refractivity contribution in [3.8, 4) is 0 Å². The minimum atomic E-state index is -0.0466. The number of likely N-dealkylation sites (N-methyl/N-ethyl adjacent to an activating group) is 1. The lowest BCUT2D eigenvalue weighted by molar-refractivity contribution is 0.0520. The first kappa shape index (κ1) is 15.7. The summed E-state index contributed by atoms with van der Waals surface area (Å²) in [6.07, 6.45) is 3.99. The summed E-state index contributed by atoms with van der Waals surface area (Å²) in [7, 11) is 3.85. The van der Waals surface area contributed by atoms with Crippen LogP contribution in [0.5, 0.6) is 0 Å². The van der Waals surface area contributed by atoms with Crippen molar-refractivity contribution in [1.29, 1.82) is 0 Å². The van der Waals surface area contributed by atoms with Crippen LogP contribution in [0.3, 0.4) is 0 Å². The number of amides is 1. The molecule has 0 aromatic carbocycles. The molecule has 4 rings (SSSR count). The van der Waals surface area contributed by atoms with Crippen molar-refractivity contribution in [2.24, 2.45) is 7.05 Å². The Labute approximate surface area is 145 Å². The molecule has 1 atom stereocenters. The number of halogens is 1. The Bertz CT molecular complexity index is 766. The summed E-state index contributed by atoms with van der Waals surface area (Å²) in [4.78, 5) is 21.4. The van der Waals surface area contributed by atoms with Gasteiger partial charge in [0.1, 0.15) is 5.69 Å². The molecule has 2 aromatic rings. The van der Waals surface area contributed by atoms with Gasteiger partial charge >= 0.3 is 0 Å². The summed E-state index contributed by atoms with van der Waals surface area (Å²) in [5.41, 5.74) is 0.593. The first-order valence-corrected chi connectivity index (χ1v) is 8.55. The molecule has 3 heterocycles. The molecule has 0 spiro atoms. The van der Waals surface area contributed by atoms with Gasteiger partial charge in [-0.2, -0.15) is 4.98 Å². The van der Waals surface area contributed by atoms with E-state index in [0.29, 0.717) is 35.5 Å². The van der Waals surface area contributed by atoms with Crippen molar-refractivity contribution in [2.45, 2.75) is 24.8 Å². The lowest BCUT2D eigenvalue weighted by atomic mass is 10.1. The van der Waals surface area contributed by atoms with Gasteiger partial charge < -0.3 is 14.0 Å². The van der Waals surface area contributed by atoms with E-state index in [1.165, 1.54) is 0 Å². The van der Waals surface area contributed by atoms with Crippen molar-refractivity contribution < 1.29 is 9.32 Å². The number of aromatic nitrogens is 3. The maximum absolute atomic E-state index is 12.8. The molecule has 1 saturated heterocycles. The Kier molecular flexibility index (Phi) is 3.85. The summed E-state index contributed by atoms with van der Waals surface area (Å²) < 4.78 is 7.14. The van der Waals surface area contributed by atoms with E-state index in [2.05, 4.69) is 15.0 Å². The Balaban J connectivity index is 1.53. The van der Waals surface area contributed by atoms with Crippen LogP contribution < -0.4 is 0 Å². The van der Waals surface area contributed by atoms with E-state index in [1.54, 1.807) is 16.8 Å². The van der Waals surface area contributed by atoms with Crippen molar-refractivity contribution in [2.75, 3.05) is 26.7 Å². The zero-order valence-corrected chi connectivity index (χ0v) is 14.5. The molecule has 8 heteroatoms. The number of aryl methyl sites for hydroxylation is 1. The number of hydrogen-bond acceptors (Lipinski definition) is 5. The predicted octanol–water partition coefficient (Wildman–Crippen LogP) is 2.07. The second-order valence-electron chi connectivity index (χ2n) is 6.67. The van der Waals surface area contributed by atoms with Crippen molar-refractivity contribution in [3.63, 3.8) is 0 Å². The Morgan fingerprint density at radius 3 is 2.79 bits per heavy atom. The van der Waals surface area contributed by atoms with Crippen LogP contribution in [0.4, 0.5) is 0 Å². The molecule has 128 valence electrons. The molecule has 1 aliphatic heterocycles. The Morgan fingerprint density at radius 2 is 2.12 bits per heavy atom. The molecule has 0 bridgehead atoms. The van der Waals surface area contributed by atoms with Gasteiger partial charge in [0.15, 0.2) is 5.82 Å². The molecule has 2 aromatic heterocycles. The quantitative estimate of drug-likeness (QED) is 0.848. The van der Waals surface area contributed by atoms with Gasteiger partial charge in [-0.15, -0.1) is 0 Å². The Hall–Kier alpha value is -1.86. The number of rotatable bonds is 3. The summed E-state index contributed by atoms with van der Waals surface area (Å²) in [5.74, 6) is 1.81. The number of piperazine rings is 1. The van der Waals surface area contributed by atoms with Gasteiger partial charge in [-0.1, -0.05) is 16.8 Å². The third kappa shape index (κ3) is 2.82. The fourth-order valence-corrected chi connectivity index (χ4v) is 3.36. The average molecular weight is 350 g/mol. The minimum absolute atomic E-state index is 0.0200. The molecule has 1 saturated carbocycles. The van der Waals surface area contributed by atoms with Crippen LogP contribution in [0.15, 0.2) is 16.8 Å². The van der Waals surface area contributed by atoms with Crippen LogP contribution in [-0.2, 0) is 7.05 Å². The molecule has 1 amide bonds. The molecule has 7 nitrogen and oxygen atoms in total. The van der Waals surface area contributed by atoms with Crippen LogP contribution in [0.25, 0.3) is 0 Å². The number of nitrogens with zero attached hydrogens (tertiary/aromatic N) is 5. The summed E-state index contributed by atoms with van der Waals surface area (Å²) in [6, 6.07) is 1.66. The third-order valence-corrected chi connectivity index (χ3v) is 5.01. The number of hydrogen-bond donors (Lipinski definition) is 0. The lowest BCUT2D eigenvalue weighted by Gasteiger charge is -2.37. The molecule has 0 radical (unpaired) electrons. The molecular formula is C16H20ClN5O2. The molecule has 0 unspecified atom stereocenters. The second-order valence-corrected chi connectivity index (χ2v) is 7.10. The molecule has 1 aliphatic carbocycles. The largest absolute Gasteiger partial charge is 0.345 e. The first-order valence-electron chi connectivity index (χ1n) is 8.18. The summed E-state index contributed by atoms with van der Waals surface area (Å²) >= 11 is 6.00. The predicted molar refractivity (Wildman–Crippen MR) is 88.0 cm³/mol. The van der Waals surface area contributed by atoms with Crippen LogP contribution in [0.2, 0.25) is 5.02 Å². The number of carbonyl (C=O) groups is 1. The average Bonchev–Trinajstić information content (AvgIpc) is 3.19. The highest BCUT2D eigenvalue weighted by Gasteiger charge is 2.35. The molecular weight excluding hydrogens is 330 g/mol. The molecule has 24 heavy (non-hydrogen) atoms. The third-order valence-electron chi connectivity index (χ3n) is 4.81. The second kappa shape index (κ2) is 5.89. The maximum Gasteiger partial charge on any atom is 0.270 e. The maximum atomic E-state index is 12.8. The summed E-state index contributed by atoms with van der Waals surface area (Å²) in [5, 5.41) is 4.72. The normalized spacial score (nSPS) is 22.1. The van der Waals surface area contributed by atoms with Crippen molar-refractivity contribution in [1.82, 2.24) is 24.5 Å². The Morgan fingerprint density at radius 1 is 1.33 bits per heavy atom. The number of carbonyl (C=O) groups excluding carboxylic acids is 1. The standard InChI is InChI=1S/C16H20ClN5O2/c1-20-5-6-22(16(23)12-7-11(17)8-21(12)2)9-13(20)14-18-15(24-19-14)10-3-4-10/h7-8,10,13H,3-6,9H2,1-2H3/t13-/m1/s1. The van der Waals surface area contributed by atoms with E-state index in [0.717, 1.165) is 25.3 Å². The molecule has 2 fully saturated rings. The van der Waals surface area contributed by atoms with E-state index in [-0.39, 0.29) is 11.9 Å². The van der Waals surface area contributed by atoms with Gasteiger partial charge in [-0.05, 0) is 26.0 Å². The fraction of sp³-hybridized carbons (Fsp3) is 0.562. The topological polar surface area (TPSA) is 67.4 Å². The highest BCUT2D eigenvalue weighted by Crippen LogP contribution is 2.39. The smallest absolute Gasteiger partial charge is 0.270 e. The van der Waals surface area contributed by atoms with Crippen LogP contribution in [0.1, 0.15) is 47.0 Å². The van der Waals surface area contributed by atoms with Gasteiger partial charge in [-0.3, -0.25) is 9.69 Å².